The first-order chi connectivity index (χ1) is 8.53. The van der Waals surface area contributed by atoms with Gasteiger partial charge in [0, 0.05) is 35.3 Å². The molecule has 94 valence electrons. The van der Waals surface area contributed by atoms with Crippen LogP contribution in [0, 0.1) is 0 Å². The molecule has 2 aliphatic rings. The summed E-state index contributed by atoms with van der Waals surface area (Å²) in [5.74, 6) is 0.168. The number of rotatable bonds is 0. The SMILES string of the molecule is C/C=C1\[C@@H]2C=C(C)C[C@@]1(N)Cc1[nH]c(=O)ncc12. The Morgan fingerprint density at radius 2 is 2.33 bits per heavy atom. The molecule has 4 nitrogen and oxygen atoms in total. The predicted molar refractivity (Wildman–Crippen MR) is 70.4 cm³/mol. The van der Waals surface area contributed by atoms with E-state index in [1.54, 1.807) is 6.20 Å². The first-order valence-electron chi connectivity index (χ1n) is 6.24. The molecule has 3 rings (SSSR count). The Hall–Kier alpha value is -1.68. The molecule has 0 unspecified atom stereocenters. The summed E-state index contributed by atoms with van der Waals surface area (Å²) in [7, 11) is 0. The van der Waals surface area contributed by atoms with Crippen LogP contribution in [-0.4, -0.2) is 15.5 Å². The second-order valence-electron chi connectivity index (χ2n) is 5.37. The minimum Gasteiger partial charge on any atom is -0.321 e. The van der Waals surface area contributed by atoms with Crippen molar-refractivity contribution in [2.75, 3.05) is 0 Å². The Kier molecular flexibility index (Phi) is 2.32. The smallest absolute Gasteiger partial charge is 0.321 e. The molecule has 0 fully saturated rings. The van der Waals surface area contributed by atoms with Crippen LogP contribution in [0.3, 0.4) is 0 Å². The van der Waals surface area contributed by atoms with Gasteiger partial charge in [0.15, 0.2) is 0 Å². The highest BCUT2D eigenvalue weighted by Crippen LogP contribution is 2.46. The van der Waals surface area contributed by atoms with E-state index < -0.39 is 0 Å². The van der Waals surface area contributed by atoms with Crippen LogP contribution >= 0.6 is 0 Å². The normalized spacial score (nSPS) is 32.1. The second-order valence-corrected chi connectivity index (χ2v) is 5.37. The largest absolute Gasteiger partial charge is 0.345 e. The highest BCUT2D eigenvalue weighted by molar-refractivity contribution is 5.50. The van der Waals surface area contributed by atoms with Crippen molar-refractivity contribution in [1.29, 1.82) is 0 Å². The maximum atomic E-state index is 11.3. The van der Waals surface area contributed by atoms with Crippen molar-refractivity contribution in [2.45, 2.75) is 38.1 Å². The van der Waals surface area contributed by atoms with E-state index in [1.165, 1.54) is 11.1 Å². The Balaban J connectivity index is 2.28. The van der Waals surface area contributed by atoms with Gasteiger partial charge < -0.3 is 10.7 Å². The van der Waals surface area contributed by atoms with E-state index in [-0.39, 0.29) is 17.1 Å². The van der Waals surface area contributed by atoms with Crippen LogP contribution in [0.1, 0.15) is 37.4 Å². The molecule has 2 atom stereocenters. The van der Waals surface area contributed by atoms with Crippen LogP contribution in [0.15, 0.2) is 34.3 Å². The van der Waals surface area contributed by atoms with Gasteiger partial charge >= 0.3 is 5.69 Å². The van der Waals surface area contributed by atoms with Crippen molar-refractivity contribution in [3.8, 4) is 0 Å². The third-order valence-electron chi connectivity index (χ3n) is 4.02. The van der Waals surface area contributed by atoms with Crippen molar-refractivity contribution in [1.82, 2.24) is 9.97 Å². The van der Waals surface area contributed by atoms with Gasteiger partial charge in [-0.05, 0) is 25.8 Å². The molecule has 0 aliphatic heterocycles. The molecule has 2 aliphatic carbocycles. The average Bonchev–Trinajstić information content (AvgIpc) is 2.26. The van der Waals surface area contributed by atoms with E-state index in [1.807, 2.05) is 6.92 Å². The van der Waals surface area contributed by atoms with Crippen LogP contribution < -0.4 is 11.4 Å². The standard InChI is InChI=1S/C14H17N3O/c1-3-11-9-4-8(2)5-14(11,15)6-12-10(9)7-16-13(18)17-12/h3-4,7,9H,5-6,15H2,1-2H3,(H,16,17,18)/b11-3+/t9-,14-/m1/s1. The lowest BCUT2D eigenvalue weighted by Crippen LogP contribution is -2.51. The van der Waals surface area contributed by atoms with Gasteiger partial charge in [-0.15, -0.1) is 0 Å². The van der Waals surface area contributed by atoms with Crippen molar-refractivity contribution in [3.05, 3.63) is 51.2 Å². The minimum atomic E-state index is -0.352. The van der Waals surface area contributed by atoms with Crippen LogP contribution in [0.4, 0.5) is 0 Å². The monoisotopic (exact) mass is 243 g/mol. The number of hydrogen-bond acceptors (Lipinski definition) is 3. The highest BCUT2D eigenvalue weighted by atomic mass is 16.1. The van der Waals surface area contributed by atoms with Gasteiger partial charge in [-0.1, -0.05) is 17.7 Å². The molecular weight excluding hydrogens is 226 g/mol. The molecule has 0 amide bonds. The summed E-state index contributed by atoms with van der Waals surface area (Å²) < 4.78 is 0. The summed E-state index contributed by atoms with van der Waals surface area (Å²) in [4.78, 5) is 18.0. The molecule has 3 N–H and O–H groups in total. The maximum absolute atomic E-state index is 11.3. The summed E-state index contributed by atoms with van der Waals surface area (Å²) in [6.45, 7) is 4.15. The van der Waals surface area contributed by atoms with Gasteiger partial charge in [-0.2, -0.15) is 0 Å². The van der Waals surface area contributed by atoms with E-state index >= 15 is 0 Å². The van der Waals surface area contributed by atoms with Crippen LogP contribution in [0.2, 0.25) is 0 Å². The molecule has 2 bridgehead atoms. The number of allylic oxidation sites excluding steroid dienone is 2. The van der Waals surface area contributed by atoms with Crippen molar-refractivity contribution < 1.29 is 0 Å². The summed E-state index contributed by atoms with van der Waals surface area (Å²) in [5, 5.41) is 0. The van der Waals surface area contributed by atoms with Crippen molar-refractivity contribution in [2.24, 2.45) is 5.73 Å². The number of nitrogens with two attached hydrogens (primary N) is 1. The fraction of sp³-hybridized carbons (Fsp3) is 0.429. The number of aromatic nitrogens is 2. The molecule has 0 saturated heterocycles. The third kappa shape index (κ3) is 1.49. The van der Waals surface area contributed by atoms with Gasteiger partial charge in [0.05, 0.1) is 0 Å². The summed E-state index contributed by atoms with van der Waals surface area (Å²) in [5.41, 5.74) is 10.5. The van der Waals surface area contributed by atoms with E-state index in [0.717, 1.165) is 17.7 Å². The summed E-state index contributed by atoms with van der Waals surface area (Å²) >= 11 is 0. The molecule has 1 heterocycles. The molecule has 1 aromatic heterocycles. The van der Waals surface area contributed by atoms with Gasteiger partial charge in [0.2, 0.25) is 0 Å². The lowest BCUT2D eigenvalue weighted by molar-refractivity contribution is 0.424. The first kappa shape index (κ1) is 11.4. The Morgan fingerprint density at radius 1 is 1.56 bits per heavy atom. The zero-order valence-electron chi connectivity index (χ0n) is 10.7. The summed E-state index contributed by atoms with van der Waals surface area (Å²) in [6.07, 6.45) is 7.57. The molecule has 0 radical (unpaired) electrons. The van der Waals surface area contributed by atoms with Crippen molar-refractivity contribution >= 4 is 0 Å². The van der Waals surface area contributed by atoms with Crippen LogP contribution in [0.25, 0.3) is 0 Å². The number of H-pyrrole nitrogens is 1. The first-order valence-corrected chi connectivity index (χ1v) is 6.24. The van der Waals surface area contributed by atoms with Crippen LogP contribution in [-0.2, 0) is 6.42 Å². The predicted octanol–water partition coefficient (Wildman–Crippen LogP) is 1.40. The molecule has 0 aromatic carbocycles. The van der Waals surface area contributed by atoms with E-state index in [2.05, 4.69) is 29.0 Å². The topological polar surface area (TPSA) is 71.8 Å². The number of nitrogens with zero attached hydrogens (tertiary/aromatic N) is 1. The Bertz CT molecular complexity index is 626. The molecule has 18 heavy (non-hydrogen) atoms. The number of fused-ring (bicyclic) bond motifs is 4. The lowest BCUT2D eigenvalue weighted by atomic mass is 9.64. The zero-order chi connectivity index (χ0) is 12.9. The molecule has 0 saturated carbocycles. The second kappa shape index (κ2) is 3.65. The van der Waals surface area contributed by atoms with Gasteiger partial charge in [0.1, 0.15) is 0 Å². The number of hydrogen-bond donors (Lipinski definition) is 2. The quantitative estimate of drug-likeness (QED) is 0.677. The van der Waals surface area contributed by atoms with E-state index in [4.69, 9.17) is 5.73 Å². The lowest BCUT2D eigenvalue weighted by Gasteiger charge is -2.44. The van der Waals surface area contributed by atoms with Crippen molar-refractivity contribution in [3.63, 3.8) is 0 Å². The molecule has 1 aromatic rings. The molecular formula is C14H17N3O. The summed E-state index contributed by atoms with van der Waals surface area (Å²) in [6, 6.07) is 0. The van der Waals surface area contributed by atoms with Crippen LogP contribution in [0.5, 0.6) is 0 Å². The fourth-order valence-corrected chi connectivity index (χ4v) is 3.40. The Morgan fingerprint density at radius 3 is 3.06 bits per heavy atom. The zero-order valence-corrected chi connectivity index (χ0v) is 10.7. The highest BCUT2D eigenvalue weighted by Gasteiger charge is 2.42. The average molecular weight is 243 g/mol. The van der Waals surface area contributed by atoms with Gasteiger partial charge in [0.25, 0.3) is 0 Å². The number of aromatic amines is 1. The van der Waals surface area contributed by atoms with E-state index in [9.17, 15) is 4.79 Å². The molecule has 4 heteroatoms. The van der Waals surface area contributed by atoms with Gasteiger partial charge in [-0.25, -0.2) is 9.78 Å². The maximum Gasteiger partial charge on any atom is 0.345 e. The number of nitrogens with one attached hydrogen (secondary N) is 1. The van der Waals surface area contributed by atoms with Gasteiger partial charge in [-0.3, -0.25) is 0 Å². The minimum absolute atomic E-state index is 0.168. The fourth-order valence-electron chi connectivity index (χ4n) is 3.40. The van der Waals surface area contributed by atoms with E-state index in [0.29, 0.717) is 6.42 Å². The Labute approximate surface area is 106 Å². The third-order valence-corrected chi connectivity index (χ3v) is 4.02. The molecule has 0 spiro atoms.